The van der Waals surface area contributed by atoms with E-state index in [0.717, 1.165) is 28.1 Å². The summed E-state index contributed by atoms with van der Waals surface area (Å²) in [5.41, 5.74) is 9.28. The molecule has 12 rings (SSSR count). The highest BCUT2D eigenvalue weighted by Gasteiger charge is 2.25. The Labute approximate surface area is 278 Å². The number of fused-ring (bicyclic) bond motifs is 15. The predicted molar refractivity (Wildman–Crippen MR) is 203 cm³/mol. The number of aromatic nitrogens is 5. The van der Waals surface area contributed by atoms with Crippen molar-refractivity contribution in [2.75, 3.05) is 0 Å². The van der Waals surface area contributed by atoms with Gasteiger partial charge < -0.3 is 8.97 Å². The Balaban J connectivity index is 1.24. The van der Waals surface area contributed by atoms with Crippen LogP contribution in [0.25, 0.3) is 104 Å². The van der Waals surface area contributed by atoms with Crippen LogP contribution in [0.5, 0.6) is 0 Å². The molecule has 0 atom stereocenters. The first-order chi connectivity index (χ1) is 24.3. The Kier molecular flexibility index (Phi) is 4.66. The van der Waals surface area contributed by atoms with E-state index >= 15 is 0 Å². The van der Waals surface area contributed by atoms with E-state index in [0.29, 0.717) is 0 Å². The van der Waals surface area contributed by atoms with Crippen molar-refractivity contribution in [3.8, 4) is 11.5 Å². The first-order valence-corrected chi connectivity index (χ1v) is 16.7. The van der Waals surface area contributed by atoms with Gasteiger partial charge >= 0.3 is 0 Å². The van der Waals surface area contributed by atoms with Gasteiger partial charge in [0.15, 0.2) is 0 Å². The van der Waals surface area contributed by atoms with Crippen LogP contribution in [-0.4, -0.2) is 23.5 Å². The fourth-order valence-electron chi connectivity index (χ4n) is 8.75. The molecule has 0 aliphatic rings. The Morgan fingerprint density at radius 1 is 0.408 bits per heavy atom. The van der Waals surface area contributed by atoms with Crippen LogP contribution in [0, 0.1) is 0 Å². The van der Waals surface area contributed by atoms with Crippen LogP contribution in [0.4, 0.5) is 0 Å². The summed E-state index contributed by atoms with van der Waals surface area (Å²) in [6.45, 7) is 0. The zero-order valence-corrected chi connectivity index (χ0v) is 26.2. The number of hydrogen-bond donors (Lipinski definition) is 0. The lowest BCUT2D eigenvalue weighted by molar-refractivity contribution is 1.06. The van der Waals surface area contributed by atoms with Gasteiger partial charge in [-0.05, 0) is 59.3 Å². The minimum atomic E-state index is 0.889. The molecule has 12 aromatic rings. The summed E-state index contributed by atoms with van der Waals surface area (Å²) in [5, 5.41) is 12.4. The van der Waals surface area contributed by atoms with E-state index in [-0.39, 0.29) is 0 Å². The van der Waals surface area contributed by atoms with Crippen molar-refractivity contribution in [3.05, 3.63) is 152 Å². The molecule has 0 radical (unpaired) electrons. The molecule has 226 valence electrons. The second-order valence-electron chi connectivity index (χ2n) is 13.0. The smallest absolute Gasteiger partial charge is 0.137 e. The Morgan fingerprint density at radius 2 is 1.10 bits per heavy atom. The SMILES string of the molecule is c1ccc2c(c1)ccc1c2c2cc3c4ccccc4n4c5ccccc5c(c2n1-c1ccc(-n2c5ccccc5c5ccncc52)cn1)c34. The minimum absolute atomic E-state index is 0.889. The summed E-state index contributed by atoms with van der Waals surface area (Å²) in [4.78, 5) is 9.74. The lowest BCUT2D eigenvalue weighted by Gasteiger charge is -2.11. The van der Waals surface area contributed by atoms with Crippen LogP contribution in [0.3, 0.4) is 0 Å². The number of para-hydroxylation sites is 3. The lowest BCUT2D eigenvalue weighted by Crippen LogP contribution is -2.00. The molecule has 0 aliphatic heterocycles. The summed E-state index contributed by atoms with van der Waals surface area (Å²) in [6, 6.07) is 48.4. The minimum Gasteiger partial charge on any atom is -0.308 e. The van der Waals surface area contributed by atoms with E-state index in [4.69, 9.17) is 4.98 Å². The summed E-state index contributed by atoms with van der Waals surface area (Å²) in [5.74, 6) is 0.889. The number of nitrogens with zero attached hydrogens (tertiary/aromatic N) is 5. The average molecular weight is 624 g/mol. The van der Waals surface area contributed by atoms with Gasteiger partial charge in [0.25, 0.3) is 0 Å². The van der Waals surface area contributed by atoms with Gasteiger partial charge in [0.1, 0.15) is 5.82 Å². The van der Waals surface area contributed by atoms with Gasteiger partial charge in [0, 0.05) is 49.3 Å². The molecule has 5 nitrogen and oxygen atoms in total. The van der Waals surface area contributed by atoms with Crippen molar-refractivity contribution in [2.45, 2.75) is 0 Å². The van der Waals surface area contributed by atoms with Crippen molar-refractivity contribution in [2.24, 2.45) is 0 Å². The molecule has 6 aromatic carbocycles. The fourth-order valence-corrected chi connectivity index (χ4v) is 8.75. The third kappa shape index (κ3) is 3.10. The number of pyridine rings is 2. The van der Waals surface area contributed by atoms with E-state index in [9.17, 15) is 0 Å². The quantitative estimate of drug-likeness (QED) is 0.192. The Hall–Kier alpha value is -6.72. The maximum atomic E-state index is 5.26. The molecule has 0 bridgehead atoms. The summed E-state index contributed by atoms with van der Waals surface area (Å²) >= 11 is 0. The van der Waals surface area contributed by atoms with Gasteiger partial charge in [-0.25, -0.2) is 4.98 Å². The second kappa shape index (κ2) is 9.00. The first-order valence-electron chi connectivity index (χ1n) is 16.7. The molecule has 0 spiro atoms. The van der Waals surface area contributed by atoms with Gasteiger partial charge in [-0.15, -0.1) is 0 Å². The molecule has 0 saturated heterocycles. The van der Waals surface area contributed by atoms with E-state index in [1.54, 1.807) is 0 Å². The van der Waals surface area contributed by atoms with Crippen LogP contribution in [-0.2, 0) is 0 Å². The van der Waals surface area contributed by atoms with Crippen LogP contribution < -0.4 is 0 Å². The van der Waals surface area contributed by atoms with E-state index in [1.807, 2.05) is 18.6 Å². The molecular weight excluding hydrogens is 599 g/mol. The summed E-state index contributed by atoms with van der Waals surface area (Å²) < 4.78 is 7.13. The summed E-state index contributed by atoms with van der Waals surface area (Å²) in [7, 11) is 0. The topological polar surface area (TPSA) is 40.0 Å². The highest BCUT2D eigenvalue weighted by atomic mass is 15.1. The van der Waals surface area contributed by atoms with Gasteiger partial charge in [0.05, 0.1) is 56.7 Å². The van der Waals surface area contributed by atoms with Crippen molar-refractivity contribution in [1.82, 2.24) is 23.5 Å². The van der Waals surface area contributed by atoms with Crippen LogP contribution in [0.1, 0.15) is 0 Å². The Bertz CT molecular complexity index is 3270. The van der Waals surface area contributed by atoms with Crippen molar-refractivity contribution in [1.29, 1.82) is 0 Å². The van der Waals surface area contributed by atoms with Crippen molar-refractivity contribution >= 4 is 92.5 Å². The Morgan fingerprint density at radius 3 is 1.92 bits per heavy atom. The average Bonchev–Trinajstić information content (AvgIpc) is 3.89. The van der Waals surface area contributed by atoms with Crippen molar-refractivity contribution < 1.29 is 0 Å². The standard InChI is InChI=1S/C44H25N5/c1-2-10-28-26(9-1)17-19-38-41(28)34-23-33-30-12-4-7-15-36(30)48-37-16-8-5-13-32(37)42(43(33)48)44(34)49(38)40-20-18-27(24-46-40)47-35-14-6-3-11-29(35)31-21-22-45-25-39(31)47/h1-25H. The van der Waals surface area contributed by atoms with Gasteiger partial charge in [-0.1, -0.05) is 84.9 Å². The van der Waals surface area contributed by atoms with Gasteiger partial charge in [0.2, 0.25) is 0 Å². The highest BCUT2D eigenvalue weighted by molar-refractivity contribution is 6.36. The molecule has 0 N–H and O–H groups in total. The number of rotatable bonds is 2. The van der Waals surface area contributed by atoms with Gasteiger partial charge in [-0.2, -0.15) is 0 Å². The van der Waals surface area contributed by atoms with Gasteiger partial charge in [-0.3, -0.25) is 9.55 Å². The van der Waals surface area contributed by atoms with Crippen LogP contribution in [0.2, 0.25) is 0 Å². The fraction of sp³-hybridized carbons (Fsp3) is 0. The molecule has 0 unspecified atom stereocenters. The third-order valence-corrected chi connectivity index (χ3v) is 10.7. The summed E-state index contributed by atoms with van der Waals surface area (Å²) in [6.07, 6.45) is 5.83. The number of hydrogen-bond acceptors (Lipinski definition) is 2. The zero-order valence-electron chi connectivity index (χ0n) is 26.2. The van der Waals surface area contributed by atoms with Crippen molar-refractivity contribution in [3.63, 3.8) is 0 Å². The molecule has 0 saturated carbocycles. The maximum absolute atomic E-state index is 5.26. The number of benzene rings is 6. The molecule has 0 aliphatic carbocycles. The predicted octanol–water partition coefficient (Wildman–Crippen LogP) is 11.0. The van der Waals surface area contributed by atoms with E-state index in [1.165, 1.54) is 75.9 Å². The molecule has 49 heavy (non-hydrogen) atoms. The molecule has 0 fully saturated rings. The lowest BCUT2D eigenvalue weighted by atomic mass is 10.0. The zero-order chi connectivity index (χ0) is 31.8. The van der Waals surface area contributed by atoms with Crippen LogP contribution in [0.15, 0.2) is 152 Å². The molecule has 5 heteroatoms. The molecule has 6 aromatic heterocycles. The maximum Gasteiger partial charge on any atom is 0.137 e. The monoisotopic (exact) mass is 623 g/mol. The van der Waals surface area contributed by atoms with Crippen LogP contribution >= 0.6 is 0 Å². The molecule has 0 amide bonds. The van der Waals surface area contributed by atoms with E-state index < -0.39 is 0 Å². The molecule has 6 heterocycles. The molecular formula is C44H25N5. The highest BCUT2D eigenvalue weighted by Crippen LogP contribution is 2.47. The normalized spacial score (nSPS) is 12.5. The third-order valence-electron chi connectivity index (χ3n) is 10.7. The van der Waals surface area contributed by atoms with E-state index in [2.05, 4.69) is 152 Å². The second-order valence-corrected chi connectivity index (χ2v) is 13.0. The largest absolute Gasteiger partial charge is 0.308 e. The first kappa shape index (κ1) is 25.4.